The molecule has 0 spiro atoms. The van der Waals surface area contributed by atoms with E-state index >= 15 is 0 Å². The first-order chi connectivity index (χ1) is 10.1. The van der Waals surface area contributed by atoms with Crippen molar-refractivity contribution in [1.29, 1.82) is 0 Å². The highest BCUT2D eigenvalue weighted by Crippen LogP contribution is 2.16. The summed E-state index contributed by atoms with van der Waals surface area (Å²) in [5, 5.41) is 1.93. The topological polar surface area (TPSA) is 48.4 Å². The summed E-state index contributed by atoms with van der Waals surface area (Å²) in [6.45, 7) is 5.04. The molecule has 0 aliphatic rings. The Morgan fingerprint density at radius 1 is 1.38 bits per heavy atom. The molecule has 0 radical (unpaired) electrons. The van der Waals surface area contributed by atoms with Gasteiger partial charge in [0.05, 0.1) is 23.4 Å². The highest BCUT2D eigenvalue weighted by Gasteiger charge is 2.09. The van der Waals surface area contributed by atoms with Crippen LogP contribution in [0.3, 0.4) is 0 Å². The van der Waals surface area contributed by atoms with Gasteiger partial charge in [-0.25, -0.2) is 9.78 Å². The predicted molar refractivity (Wildman–Crippen MR) is 82.6 cm³/mol. The third kappa shape index (κ3) is 5.19. The monoisotopic (exact) mass is 305 g/mol. The Hall–Kier alpha value is -1.88. The molecular formula is C16H19NO3S. The van der Waals surface area contributed by atoms with Gasteiger partial charge in [0.2, 0.25) is 0 Å². The number of esters is 1. The van der Waals surface area contributed by atoms with Crippen LogP contribution in [-0.2, 0) is 11.3 Å². The Kier molecular flexibility index (Phi) is 5.75. The summed E-state index contributed by atoms with van der Waals surface area (Å²) in [4.78, 5) is 16.1. The van der Waals surface area contributed by atoms with Crippen molar-refractivity contribution in [3.05, 3.63) is 46.4 Å². The molecule has 0 fully saturated rings. The number of rotatable bonds is 7. The lowest BCUT2D eigenvalue weighted by Gasteiger charge is -2.08. The molecule has 21 heavy (non-hydrogen) atoms. The number of carbonyl (C=O) groups excluding carboxylic acids is 1. The zero-order chi connectivity index (χ0) is 15.1. The molecule has 0 N–H and O–H groups in total. The normalized spacial score (nSPS) is 10.6. The van der Waals surface area contributed by atoms with E-state index < -0.39 is 0 Å². The van der Waals surface area contributed by atoms with Crippen molar-refractivity contribution in [2.24, 2.45) is 5.92 Å². The first-order valence-corrected chi connectivity index (χ1v) is 7.86. The molecule has 0 amide bonds. The van der Waals surface area contributed by atoms with Gasteiger partial charge in [-0.1, -0.05) is 19.9 Å². The number of aromatic nitrogens is 1. The van der Waals surface area contributed by atoms with Gasteiger partial charge in [0.1, 0.15) is 12.4 Å². The minimum absolute atomic E-state index is 0.310. The van der Waals surface area contributed by atoms with Crippen LogP contribution in [0, 0.1) is 5.92 Å². The second kappa shape index (κ2) is 7.78. The molecule has 1 aromatic carbocycles. The van der Waals surface area contributed by atoms with Gasteiger partial charge >= 0.3 is 5.97 Å². The molecule has 5 heteroatoms. The molecule has 4 nitrogen and oxygen atoms in total. The molecule has 2 rings (SSSR count). The van der Waals surface area contributed by atoms with Gasteiger partial charge in [0, 0.05) is 5.38 Å². The number of hydrogen-bond acceptors (Lipinski definition) is 5. The zero-order valence-corrected chi connectivity index (χ0v) is 13.1. The fourth-order valence-electron chi connectivity index (χ4n) is 1.65. The van der Waals surface area contributed by atoms with E-state index in [2.05, 4.69) is 18.8 Å². The maximum Gasteiger partial charge on any atom is 0.338 e. The summed E-state index contributed by atoms with van der Waals surface area (Å²) in [7, 11) is 0. The Labute approximate surface area is 128 Å². The quantitative estimate of drug-likeness (QED) is 0.727. The van der Waals surface area contributed by atoms with Crippen molar-refractivity contribution < 1.29 is 14.3 Å². The van der Waals surface area contributed by atoms with Gasteiger partial charge in [0.25, 0.3) is 0 Å². The number of thiazole rings is 1. The third-order valence-electron chi connectivity index (χ3n) is 2.87. The standard InChI is InChI=1S/C16H19NO3S/c1-12(2)6-7-19-16(18)13-4-3-5-15(8-13)20-9-14-10-21-11-17-14/h3-5,8,10-12H,6-7,9H2,1-2H3. The third-order valence-corrected chi connectivity index (χ3v) is 3.50. The van der Waals surface area contributed by atoms with E-state index in [1.807, 2.05) is 11.4 Å². The van der Waals surface area contributed by atoms with E-state index in [0.29, 0.717) is 30.4 Å². The van der Waals surface area contributed by atoms with E-state index in [4.69, 9.17) is 9.47 Å². The molecule has 0 atom stereocenters. The highest BCUT2D eigenvalue weighted by molar-refractivity contribution is 7.07. The van der Waals surface area contributed by atoms with Crippen LogP contribution in [0.2, 0.25) is 0 Å². The van der Waals surface area contributed by atoms with Gasteiger partial charge in [-0.2, -0.15) is 0 Å². The maximum atomic E-state index is 11.9. The minimum atomic E-state index is -0.310. The summed E-state index contributed by atoms with van der Waals surface area (Å²) in [6.07, 6.45) is 0.867. The minimum Gasteiger partial charge on any atom is -0.487 e. The number of carbonyl (C=O) groups is 1. The molecule has 0 aliphatic heterocycles. The van der Waals surface area contributed by atoms with E-state index in [1.165, 1.54) is 11.3 Å². The van der Waals surface area contributed by atoms with Gasteiger partial charge < -0.3 is 9.47 Å². The van der Waals surface area contributed by atoms with E-state index in [0.717, 1.165) is 12.1 Å². The summed E-state index contributed by atoms with van der Waals surface area (Å²) < 4.78 is 10.9. The molecule has 1 heterocycles. The predicted octanol–water partition coefficient (Wildman–Crippen LogP) is 3.93. The first kappa shape index (κ1) is 15.5. The van der Waals surface area contributed by atoms with E-state index in [1.54, 1.807) is 23.7 Å². The van der Waals surface area contributed by atoms with Crippen molar-refractivity contribution in [1.82, 2.24) is 4.98 Å². The molecule has 112 valence electrons. The van der Waals surface area contributed by atoms with Crippen LogP contribution in [0.5, 0.6) is 5.75 Å². The molecule has 0 bridgehead atoms. The Morgan fingerprint density at radius 3 is 2.95 bits per heavy atom. The molecular weight excluding hydrogens is 286 g/mol. The molecule has 0 saturated heterocycles. The number of nitrogens with zero attached hydrogens (tertiary/aromatic N) is 1. The maximum absolute atomic E-state index is 11.9. The average molecular weight is 305 g/mol. The lowest BCUT2D eigenvalue weighted by molar-refractivity contribution is 0.0487. The van der Waals surface area contributed by atoms with Crippen LogP contribution in [-0.4, -0.2) is 17.6 Å². The van der Waals surface area contributed by atoms with Crippen molar-refractivity contribution in [3.8, 4) is 5.75 Å². The molecule has 0 aliphatic carbocycles. The number of ether oxygens (including phenoxy) is 2. The SMILES string of the molecule is CC(C)CCOC(=O)c1cccc(OCc2cscn2)c1. The van der Waals surface area contributed by atoms with Crippen molar-refractivity contribution >= 4 is 17.3 Å². The zero-order valence-electron chi connectivity index (χ0n) is 12.2. The van der Waals surface area contributed by atoms with Crippen molar-refractivity contribution in [2.45, 2.75) is 26.9 Å². The molecule has 0 saturated carbocycles. The summed E-state index contributed by atoms with van der Waals surface area (Å²) in [6, 6.07) is 7.03. The molecule has 0 unspecified atom stereocenters. The largest absolute Gasteiger partial charge is 0.487 e. The summed E-state index contributed by atoms with van der Waals surface area (Å²) >= 11 is 1.53. The first-order valence-electron chi connectivity index (χ1n) is 6.92. The lowest BCUT2D eigenvalue weighted by atomic mass is 10.1. The van der Waals surface area contributed by atoms with E-state index in [-0.39, 0.29) is 5.97 Å². The van der Waals surface area contributed by atoms with Crippen LogP contribution >= 0.6 is 11.3 Å². The van der Waals surface area contributed by atoms with Crippen LogP contribution < -0.4 is 4.74 Å². The second-order valence-corrected chi connectivity index (χ2v) is 5.83. The molecule has 2 aromatic rings. The van der Waals surface area contributed by atoms with Crippen molar-refractivity contribution in [2.75, 3.05) is 6.61 Å². The fourth-order valence-corrected chi connectivity index (χ4v) is 2.19. The number of benzene rings is 1. The lowest BCUT2D eigenvalue weighted by Crippen LogP contribution is -2.08. The van der Waals surface area contributed by atoms with Gasteiger partial charge in [0.15, 0.2) is 0 Å². The number of hydrogen-bond donors (Lipinski definition) is 0. The molecule has 1 aromatic heterocycles. The van der Waals surface area contributed by atoms with Gasteiger partial charge in [-0.3, -0.25) is 0 Å². The fraction of sp³-hybridized carbons (Fsp3) is 0.375. The Morgan fingerprint density at radius 2 is 2.24 bits per heavy atom. The van der Waals surface area contributed by atoms with Crippen molar-refractivity contribution in [3.63, 3.8) is 0 Å². The van der Waals surface area contributed by atoms with E-state index in [9.17, 15) is 4.79 Å². The smallest absolute Gasteiger partial charge is 0.338 e. The van der Waals surface area contributed by atoms with Crippen LogP contribution in [0.15, 0.2) is 35.2 Å². The summed E-state index contributed by atoms with van der Waals surface area (Å²) in [5.41, 5.74) is 3.15. The van der Waals surface area contributed by atoms with Gasteiger partial charge in [-0.05, 0) is 30.5 Å². The van der Waals surface area contributed by atoms with Gasteiger partial charge in [-0.15, -0.1) is 11.3 Å². The second-order valence-electron chi connectivity index (χ2n) is 5.11. The average Bonchev–Trinajstić information content (AvgIpc) is 2.98. The highest BCUT2D eigenvalue weighted by atomic mass is 32.1. The van der Waals surface area contributed by atoms with Crippen LogP contribution in [0.25, 0.3) is 0 Å². The Balaban J connectivity index is 1.89. The summed E-state index contributed by atoms with van der Waals surface area (Å²) in [5.74, 6) is 0.849. The Bertz CT molecular complexity index is 567. The van der Waals surface area contributed by atoms with Crippen LogP contribution in [0.4, 0.5) is 0 Å². The van der Waals surface area contributed by atoms with Crippen LogP contribution in [0.1, 0.15) is 36.3 Å².